The van der Waals surface area contributed by atoms with E-state index in [2.05, 4.69) is 14.8 Å². The molecule has 0 radical (unpaired) electrons. The van der Waals surface area contributed by atoms with Gasteiger partial charge in [-0.25, -0.2) is 21.6 Å². The van der Waals surface area contributed by atoms with Gasteiger partial charge in [-0.15, -0.1) is 0 Å². The largest absolute Gasteiger partial charge is 0.495 e. The lowest BCUT2D eigenvalue weighted by molar-refractivity contribution is 0.102. The number of nitrogens with one attached hydrogen (secondary N) is 3. The molecule has 0 saturated heterocycles. The molecule has 0 aliphatic rings. The second-order valence-corrected chi connectivity index (χ2v) is 12.3. The highest BCUT2D eigenvalue weighted by molar-refractivity contribution is 7.92. The summed E-state index contributed by atoms with van der Waals surface area (Å²) < 4.78 is 62.0. The molecule has 11 heteroatoms. The Hall–Kier alpha value is -3.41. The Morgan fingerprint density at radius 1 is 0.838 bits per heavy atom. The number of benzene rings is 3. The Morgan fingerprint density at radius 3 is 2.19 bits per heavy atom. The molecule has 3 rings (SSSR count). The van der Waals surface area contributed by atoms with Crippen LogP contribution in [-0.2, 0) is 20.0 Å². The maximum absolute atomic E-state index is 13.2. The summed E-state index contributed by atoms with van der Waals surface area (Å²) >= 11 is 0. The predicted octanol–water partition coefficient (Wildman–Crippen LogP) is 4.36. The molecule has 0 bridgehead atoms. The summed E-state index contributed by atoms with van der Waals surface area (Å²) in [5.41, 5.74) is 2.84. The van der Waals surface area contributed by atoms with Gasteiger partial charge in [-0.05, 0) is 87.7 Å². The van der Waals surface area contributed by atoms with Gasteiger partial charge in [-0.2, -0.15) is 0 Å². The van der Waals surface area contributed by atoms with Gasteiger partial charge in [0.1, 0.15) is 5.75 Å². The second-order valence-electron chi connectivity index (χ2n) is 8.93. The molecule has 0 spiro atoms. The van der Waals surface area contributed by atoms with E-state index in [4.69, 9.17) is 4.74 Å². The van der Waals surface area contributed by atoms with E-state index in [0.717, 1.165) is 11.1 Å². The fourth-order valence-electron chi connectivity index (χ4n) is 3.62. The maximum atomic E-state index is 13.2. The van der Waals surface area contributed by atoms with Gasteiger partial charge in [0.15, 0.2) is 0 Å². The number of aryl methyl sites for hydroxylation is 2. The van der Waals surface area contributed by atoms with Crippen LogP contribution in [0, 0.1) is 20.8 Å². The maximum Gasteiger partial charge on any atom is 0.262 e. The molecule has 0 saturated carbocycles. The quantitative estimate of drug-likeness (QED) is 0.366. The summed E-state index contributed by atoms with van der Waals surface area (Å²) in [4.78, 5) is 13.0. The zero-order chi connectivity index (χ0) is 27.5. The van der Waals surface area contributed by atoms with Crippen LogP contribution in [0.1, 0.15) is 40.9 Å². The molecule has 3 aromatic carbocycles. The van der Waals surface area contributed by atoms with Crippen LogP contribution in [0.2, 0.25) is 0 Å². The fourth-order valence-corrected chi connectivity index (χ4v) is 6.29. The van der Waals surface area contributed by atoms with Crippen LogP contribution < -0.4 is 19.5 Å². The number of hydrogen-bond acceptors (Lipinski definition) is 6. The average Bonchev–Trinajstić information content (AvgIpc) is 2.81. The summed E-state index contributed by atoms with van der Waals surface area (Å²) in [6.45, 7) is 8.74. The zero-order valence-corrected chi connectivity index (χ0v) is 23.2. The molecule has 3 N–H and O–H groups in total. The number of rotatable bonds is 9. The molecule has 0 heterocycles. The molecule has 3 aromatic rings. The molecule has 198 valence electrons. The third-order valence-corrected chi connectivity index (χ3v) is 8.87. The summed E-state index contributed by atoms with van der Waals surface area (Å²) in [5, 5.41) is 2.64. The average molecular weight is 546 g/mol. The van der Waals surface area contributed by atoms with Gasteiger partial charge < -0.3 is 10.1 Å². The van der Waals surface area contributed by atoms with Crippen LogP contribution in [0.25, 0.3) is 0 Å². The van der Waals surface area contributed by atoms with E-state index < -0.39 is 26.0 Å². The van der Waals surface area contributed by atoms with Crippen molar-refractivity contribution in [2.45, 2.75) is 50.5 Å². The van der Waals surface area contributed by atoms with E-state index in [1.807, 2.05) is 19.9 Å². The second kappa shape index (κ2) is 10.9. The van der Waals surface area contributed by atoms with E-state index in [0.29, 0.717) is 11.3 Å². The molecule has 0 fully saturated rings. The minimum atomic E-state index is -4.00. The number of ether oxygens (including phenoxy) is 1. The number of anilines is 2. The summed E-state index contributed by atoms with van der Waals surface area (Å²) in [6, 6.07) is 13.4. The van der Waals surface area contributed by atoms with Gasteiger partial charge in [0, 0.05) is 11.6 Å². The first-order valence-corrected chi connectivity index (χ1v) is 14.4. The smallest absolute Gasteiger partial charge is 0.262 e. The van der Waals surface area contributed by atoms with Crippen molar-refractivity contribution < 1.29 is 26.4 Å². The van der Waals surface area contributed by atoms with Gasteiger partial charge in [0.05, 0.1) is 28.3 Å². The number of amides is 1. The van der Waals surface area contributed by atoms with E-state index in [9.17, 15) is 21.6 Å². The third kappa shape index (κ3) is 6.48. The predicted molar refractivity (Wildman–Crippen MR) is 144 cm³/mol. The topological polar surface area (TPSA) is 131 Å². The van der Waals surface area contributed by atoms with Crippen molar-refractivity contribution in [3.8, 4) is 5.75 Å². The zero-order valence-electron chi connectivity index (χ0n) is 21.5. The molecule has 0 aliphatic carbocycles. The van der Waals surface area contributed by atoms with Crippen LogP contribution in [0.4, 0.5) is 11.4 Å². The van der Waals surface area contributed by atoms with Crippen LogP contribution in [0.3, 0.4) is 0 Å². The van der Waals surface area contributed by atoms with E-state index in [1.165, 1.54) is 43.5 Å². The molecule has 0 atom stereocenters. The lowest BCUT2D eigenvalue weighted by Crippen LogP contribution is -2.30. The minimum absolute atomic E-state index is 0.0505. The summed E-state index contributed by atoms with van der Waals surface area (Å²) in [6.07, 6.45) is 0. The highest BCUT2D eigenvalue weighted by Gasteiger charge is 2.22. The van der Waals surface area contributed by atoms with Crippen molar-refractivity contribution in [2.75, 3.05) is 17.1 Å². The summed E-state index contributed by atoms with van der Waals surface area (Å²) in [5.74, 6) is -0.388. The number of sulfonamides is 2. The van der Waals surface area contributed by atoms with Crippen LogP contribution in [0.5, 0.6) is 5.75 Å². The fraction of sp³-hybridized carbons (Fsp3) is 0.269. The van der Waals surface area contributed by atoms with E-state index in [1.54, 1.807) is 32.9 Å². The Kier molecular flexibility index (Phi) is 8.31. The normalized spacial score (nSPS) is 11.9. The first kappa shape index (κ1) is 28.2. The monoisotopic (exact) mass is 545 g/mol. The SMILES string of the molecule is COc1ccc(S(=O)(=O)NC(C)C)cc1NC(=O)c1ccc(C)c(S(=O)(=O)Nc2cccc(C)c2C)c1. The van der Waals surface area contributed by atoms with Crippen LogP contribution >= 0.6 is 0 Å². The van der Waals surface area contributed by atoms with Gasteiger partial charge in [-0.3, -0.25) is 9.52 Å². The first-order chi connectivity index (χ1) is 17.2. The van der Waals surface area contributed by atoms with E-state index in [-0.39, 0.29) is 32.8 Å². The summed E-state index contributed by atoms with van der Waals surface area (Å²) in [7, 11) is -6.43. The Bertz CT molecular complexity index is 1550. The molecule has 9 nitrogen and oxygen atoms in total. The molecular formula is C26H31N3O6S2. The van der Waals surface area contributed by atoms with Crippen LogP contribution in [-0.4, -0.2) is 35.9 Å². The van der Waals surface area contributed by atoms with Gasteiger partial charge >= 0.3 is 0 Å². The van der Waals surface area contributed by atoms with Crippen molar-refractivity contribution in [3.63, 3.8) is 0 Å². The molecule has 0 aromatic heterocycles. The van der Waals surface area contributed by atoms with Crippen molar-refractivity contribution in [3.05, 3.63) is 76.9 Å². The van der Waals surface area contributed by atoms with E-state index >= 15 is 0 Å². The molecule has 0 unspecified atom stereocenters. The Morgan fingerprint density at radius 2 is 1.54 bits per heavy atom. The van der Waals surface area contributed by atoms with Gasteiger partial charge in [-0.1, -0.05) is 18.2 Å². The lowest BCUT2D eigenvalue weighted by Gasteiger charge is -2.16. The third-order valence-electron chi connectivity index (χ3n) is 5.71. The van der Waals surface area contributed by atoms with Crippen molar-refractivity contribution in [2.24, 2.45) is 0 Å². The van der Waals surface area contributed by atoms with Crippen molar-refractivity contribution >= 4 is 37.3 Å². The number of carbonyl (C=O) groups is 1. The number of methoxy groups -OCH3 is 1. The Labute approximate surface area is 218 Å². The molecule has 0 aliphatic heterocycles. The van der Waals surface area contributed by atoms with Gasteiger partial charge in [0.25, 0.3) is 15.9 Å². The molecule has 1 amide bonds. The highest BCUT2D eigenvalue weighted by atomic mass is 32.2. The number of hydrogen-bond donors (Lipinski definition) is 3. The number of carbonyl (C=O) groups excluding carboxylic acids is 1. The van der Waals surface area contributed by atoms with Crippen molar-refractivity contribution in [1.82, 2.24) is 4.72 Å². The molecular weight excluding hydrogens is 514 g/mol. The standard InChI is InChI=1S/C26H31N3O6S2/c1-16(2)28-36(31,32)21-12-13-24(35-6)23(15-21)27-26(30)20-11-10-18(4)25(14-20)37(33,34)29-22-9-7-8-17(3)19(22)5/h7-16,28-29H,1-6H3,(H,27,30). The molecule has 37 heavy (non-hydrogen) atoms. The first-order valence-electron chi connectivity index (χ1n) is 11.5. The Balaban J connectivity index is 1.95. The van der Waals surface area contributed by atoms with Gasteiger partial charge in [0.2, 0.25) is 10.0 Å². The van der Waals surface area contributed by atoms with Crippen molar-refractivity contribution in [1.29, 1.82) is 0 Å². The highest BCUT2D eigenvalue weighted by Crippen LogP contribution is 2.29. The lowest BCUT2D eigenvalue weighted by atomic mass is 10.1. The minimum Gasteiger partial charge on any atom is -0.495 e. The van der Waals surface area contributed by atoms with Crippen LogP contribution in [0.15, 0.2) is 64.4 Å².